The van der Waals surface area contributed by atoms with Gasteiger partial charge in [-0.1, -0.05) is 19.1 Å². The molecule has 0 bridgehead atoms. The number of aliphatic imine (C=N–C) groups is 1. The molecule has 0 saturated carbocycles. The highest BCUT2D eigenvalue weighted by atomic mass is 15.1. The van der Waals surface area contributed by atoms with Gasteiger partial charge < -0.3 is 9.47 Å². The van der Waals surface area contributed by atoms with Gasteiger partial charge in [-0.3, -0.25) is 4.99 Å². The number of likely N-dealkylation sites (tertiary alicyclic amines) is 1. The summed E-state index contributed by atoms with van der Waals surface area (Å²) in [6.45, 7) is 4.81. The number of piperidine rings is 1. The van der Waals surface area contributed by atoms with Crippen molar-refractivity contribution in [1.29, 1.82) is 0 Å². The molecule has 0 spiro atoms. The van der Waals surface area contributed by atoms with Gasteiger partial charge in [0.05, 0.1) is 17.1 Å². The predicted octanol–water partition coefficient (Wildman–Crippen LogP) is 4.23. The normalized spacial score (nSPS) is 29.3. The second kappa shape index (κ2) is 5.84. The molecule has 0 N–H and O–H groups in total. The first-order chi connectivity index (χ1) is 12.2. The van der Waals surface area contributed by atoms with Crippen LogP contribution in [0.4, 0.5) is 0 Å². The Morgan fingerprint density at radius 2 is 2.04 bits per heavy atom. The third-order valence-electron chi connectivity index (χ3n) is 6.60. The maximum absolute atomic E-state index is 5.09. The van der Waals surface area contributed by atoms with Gasteiger partial charge in [-0.15, -0.1) is 0 Å². The Labute approximate surface area is 150 Å². The highest BCUT2D eigenvalue weighted by Gasteiger charge is 2.36. The zero-order valence-corrected chi connectivity index (χ0v) is 15.3. The number of aromatic nitrogens is 1. The minimum Gasteiger partial charge on any atom is -0.314 e. The van der Waals surface area contributed by atoms with E-state index in [1.807, 2.05) is 0 Å². The summed E-state index contributed by atoms with van der Waals surface area (Å²) in [4.78, 5) is 7.55. The first kappa shape index (κ1) is 15.4. The number of rotatable bonds is 1. The molecule has 3 heteroatoms. The Balaban J connectivity index is 1.61. The van der Waals surface area contributed by atoms with Crippen LogP contribution in [0.15, 0.2) is 41.2 Å². The number of hydrogen-bond donors (Lipinski definition) is 0. The molecule has 3 nitrogen and oxygen atoms in total. The molecule has 1 fully saturated rings. The maximum atomic E-state index is 5.09. The predicted molar refractivity (Wildman–Crippen MR) is 104 cm³/mol. The molecule has 25 heavy (non-hydrogen) atoms. The Hall–Kier alpha value is -1.87. The quantitative estimate of drug-likeness (QED) is 0.753. The first-order valence-corrected chi connectivity index (χ1v) is 9.78. The van der Waals surface area contributed by atoms with Gasteiger partial charge in [-0.25, -0.2) is 0 Å². The molecule has 5 rings (SSSR count). The molecular weight excluding hydrogens is 306 g/mol. The average molecular weight is 333 g/mol. The molecule has 1 aromatic heterocycles. The van der Waals surface area contributed by atoms with Crippen molar-refractivity contribution < 1.29 is 0 Å². The van der Waals surface area contributed by atoms with Gasteiger partial charge >= 0.3 is 0 Å². The van der Waals surface area contributed by atoms with Crippen molar-refractivity contribution in [3.8, 4) is 0 Å². The second-order valence-electron chi connectivity index (χ2n) is 8.17. The van der Waals surface area contributed by atoms with E-state index < -0.39 is 0 Å². The number of fused-ring (bicyclic) bond motifs is 1. The van der Waals surface area contributed by atoms with Gasteiger partial charge in [0, 0.05) is 23.9 Å². The third-order valence-corrected chi connectivity index (χ3v) is 6.60. The van der Waals surface area contributed by atoms with Crippen molar-refractivity contribution in [2.24, 2.45) is 22.7 Å². The zero-order valence-electron chi connectivity index (χ0n) is 15.3. The van der Waals surface area contributed by atoms with Crippen molar-refractivity contribution in [3.05, 3.63) is 47.4 Å². The smallest absolute Gasteiger partial charge is 0.0683 e. The van der Waals surface area contributed by atoms with E-state index in [0.29, 0.717) is 11.8 Å². The lowest BCUT2D eigenvalue weighted by Gasteiger charge is -2.38. The Kier molecular flexibility index (Phi) is 3.60. The van der Waals surface area contributed by atoms with Crippen LogP contribution in [0.3, 0.4) is 0 Å². The highest BCUT2D eigenvalue weighted by Crippen LogP contribution is 2.44. The SMILES string of the molecule is CC1C=CC2=C(N=CC3=CCCc4ccn2c43)C1C1CCN(C)CC1. The number of aryl methyl sites for hydroxylation is 1. The van der Waals surface area contributed by atoms with Crippen LogP contribution in [-0.2, 0) is 6.42 Å². The molecule has 2 atom stereocenters. The lowest BCUT2D eigenvalue weighted by Crippen LogP contribution is -2.36. The fourth-order valence-electron chi connectivity index (χ4n) is 5.20. The molecule has 3 heterocycles. The van der Waals surface area contributed by atoms with E-state index >= 15 is 0 Å². The molecule has 2 unspecified atom stereocenters. The summed E-state index contributed by atoms with van der Waals surface area (Å²) in [5.41, 5.74) is 6.79. The number of nitrogens with zero attached hydrogens (tertiary/aromatic N) is 3. The van der Waals surface area contributed by atoms with Gasteiger partial charge in [0.1, 0.15) is 0 Å². The summed E-state index contributed by atoms with van der Waals surface area (Å²) < 4.78 is 2.41. The molecule has 0 radical (unpaired) electrons. The van der Waals surface area contributed by atoms with Crippen LogP contribution in [0.2, 0.25) is 0 Å². The molecule has 1 aromatic rings. The summed E-state index contributed by atoms with van der Waals surface area (Å²) in [5.74, 6) is 1.86. The lowest BCUT2D eigenvalue weighted by atomic mass is 9.73. The van der Waals surface area contributed by atoms with Crippen molar-refractivity contribution in [1.82, 2.24) is 9.47 Å². The van der Waals surface area contributed by atoms with Gasteiger partial charge in [0.2, 0.25) is 0 Å². The van der Waals surface area contributed by atoms with Crippen molar-refractivity contribution in [2.75, 3.05) is 20.1 Å². The van der Waals surface area contributed by atoms with Crippen LogP contribution in [0, 0.1) is 17.8 Å². The molecule has 0 aromatic carbocycles. The minimum absolute atomic E-state index is 0.545. The molecular formula is C22H27N3. The van der Waals surface area contributed by atoms with Crippen LogP contribution in [0.5, 0.6) is 0 Å². The van der Waals surface area contributed by atoms with Crippen LogP contribution in [0.25, 0.3) is 11.3 Å². The fourth-order valence-corrected chi connectivity index (χ4v) is 5.20. The Morgan fingerprint density at radius 3 is 2.88 bits per heavy atom. The molecule has 130 valence electrons. The van der Waals surface area contributed by atoms with E-state index in [1.165, 1.54) is 54.2 Å². The Bertz CT molecular complexity index is 812. The average Bonchev–Trinajstić information content (AvgIpc) is 2.98. The van der Waals surface area contributed by atoms with Gasteiger partial charge in [0.15, 0.2) is 0 Å². The standard InChI is InChI=1S/C22H27N3/c1-15-6-7-19-21(20(15)16-8-11-24(2)12-9-16)23-14-18-5-3-4-17-10-13-25(19)22(17)18/h5-7,10,13-16,20H,3-4,8-9,11-12H2,1-2H3. The maximum Gasteiger partial charge on any atom is 0.0683 e. The van der Waals surface area contributed by atoms with Gasteiger partial charge in [-0.2, -0.15) is 0 Å². The molecule has 1 saturated heterocycles. The number of hydrogen-bond acceptors (Lipinski definition) is 2. The first-order valence-electron chi connectivity index (χ1n) is 9.78. The minimum atomic E-state index is 0.545. The third kappa shape index (κ3) is 2.40. The lowest BCUT2D eigenvalue weighted by molar-refractivity contribution is 0.167. The van der Waals surface area contributed by atoms with Crippen molar-refractivity contribution >= 4 is 17.5 Å². The van der Waals surface area contributed by atoms with Crippen LogP contribution < -0.4 is 0 Å². The highest BCUT2D eigenvalue weighted by molar-refractivity contribution is 6.12. The van der Waals surface area contributed by atoms with E-state index in [2.05, 4.69) is 60.1 Å². The van der Waals surface area contributed by atoms with E-state index in [9.17, 15) is 0 Å². The topological polar surface area (TPSA) is 20.5 Å². The number of allylic oxidation sites excluding steroid dienone is 6. The summed E-state index contributed by atoms with van der Waals surface area (Å²) in [6, 6.07) is 2.31. The summed E-state index contributed by atoms with van der Waals surface area (Å²) in [5, 5.41) is 0. The van der Waals surface area contributed by atoms with Crippen LogP contribution in [-0.4, -0.2) is 35.8 Å². The summed E-state index contributed by atoms with van der Waals surface area (Å²) >= 11 is 0. The largest absolute Gasteiger partial charge is 0.314 e. The van der Waals surface area contributed by atoms with Crippen molar-refractivity contribution in [2.45, 2.75) is 32.6 Å². The van der Waals surface area contributed by atoms with E-state index in [1.54, 1.807) is 0 Å². The van der Waals surface area contributed by atoms with E-state index in [4.69, 9.17) is 4.99 Å². The van der Waals surface area contributed by atoms with Gasteiger partial charge in [-0.05, 0) is 75.4 Å². The van der Waals surface area contributed by atoms with Crippen LogP contribution in [0.1, 0.15) is 37.4 Å². The molecule has 2 aliphatic carbocycles. The molecule has 2 aliphatic heterocycles. The second-order valence-corrected chi connectivity index (χ2v) is 8.17. The summed E-state index contributed by atoms with van der Waals surface area (Å²) in [6.07, 6.45) is 16.4. The van der Waals surface area contributed by atoms with E-state index in [-0.39, 0.29) is 0 Å². The fraction of sp³-hybridized carbons (Fsp3) is 0.500. The monoisotopic (exact) mass is 333 g/mol. The van der Waals surface area contributed by atoms with Crippen LogP contribution >= 0.6 is 0 Å². The molecule has 0 amide bonds. The summed E-state index contributed by atoms with van der Waals surface area (Å²) in [7, 11) is 2.25. The molecule has 4 aliphatic rings. The zero-order chi connectivity index (χ0) is 17.0. The van der Waals surface area contributed by atoms with Gasteiger partial charge in [0.25, 0.3) is 0 Å². The van der Waals surface area contributed by atoms with E-state index in [0.717, 1.165) is 18.8 Å². The van der Waals surface area contributed by atoms with Crippen molar-refractivity contribution in [3.63, 3.8) is 0 Å². The Morgan fingerprint density at radius 1 is 1.20 bits per heavy atom.